The molecule has 0 fully saturated rings. The second-order valence-electron chi connectivity index (χ2n) is 3.30. The van der Waals surface area contributed by atoms with Crippen LogP contribution in [0.1, 0.15) is 30.5 Å². The lowest BCUT2D eigenvalue weighted by Crippen LogP contribution is -2.13. The third kappa shape index (κ3) is 2.20. The van der Waals surface area contributed by atoms with Gasteiger partial charge in [0, 0.05) is 11.6 Å². The SMILES string of the molecule is C=CC[C@H](N)c1c(F)cccc1CC. The fourth-order valence-corrected chi connectivity index (χ4v) is 1.60. The van der Waals surface area contributed by atoms with Gasteiger partial charge in [0.25, 0.3) is 0 Å². The molecule has 0 saturated heterocycles. The predicted octanol–water partition coefficient (Wildman–Crippen LogP) is 2.96. The molecule has 0 bridgehead atoms. The summed E-state index contributed by atoms with van der Waals surface area (Å²) < 4.78 is 13.5. The topological polar surface area (TPSA) is 26.0 Å². The number of hydrogen-bond donors (Lipinski definition) is 1. The van der Waals surface area contributed by atoms with Crippen LogP contribution in [-0.2, 0) is 6.42 Å². The summed E-state index contributed by atoms with van der Waals surface area (Å²) in [5.41, 5.74) is 7.49. The van der Waals surface area contributed by atoms with Gasteiger partial charge >= 0.3 is 0 Å². The Morgan fingerprint density at radius 1 is 1.57 bits per heavy atom. The molecule has 0 heterocycles. The van der Waals surface area contributed by atoms with Crippen LogP contribution in [0.15, 0.2) is 30.9 Å². The average Bonchev–Trinajstić information content (AvgIpc) is 2.17. The maximum atomic E-state index is 13.5. The molecule has 2 heteroatoms. The van der Waals surface area contributed by atoms with Gasteiger partial charge in [0.1, 0.15) is 5.82 Å². The van der Waals surface area contributed by atoms with E-state index in [0.29, 0.717) is 12.0 Å². The Labute approximate surface area is 84.4 Å². The van der Waals surface area contributed by atoms with E-state index >= 15 is 0 Å². The minimum atomic E-state index is -0.274. The van der Waals surface area contributed by atoms with Gasteiger partial charge < -0.3 is 5.73 Å². The van der Waals surface area contributed by atoms with Gasteiger partial charge in [-0.2, -0.15) is 0 Å². The number of aryl methyl sites for hydroxylation is 1. The fourth-order valence-electron chi connectivity index (χ4n) is 1.60. The van der Waals surface area contributed by atoms with Crippen LogP contribution >= 0.6 is 0 Å². The average molecular weight is 193 g/mol. The van der Waals surface area contributed by atoms with Crippen molar-refractivity contribution in [3.8, 4) is 0 Å². The van der Waals surface area contributed by atoms with E-state index in [0.717, 1.165) is 12.0 Å². The molecule has 1 nitrogen and oxygen atoms in total. The third-order valence-electron chi connectivity index (χ3n) is 2.32. The first-order valence-electron chi connectivity index (χ1n) is 4.84. The zero-order valence-corrected chi connectivity index (χ0v) is 8.46. The highest BCUT2D eigenvalue weighted by atomic mass is 19.1. The molecule has 1 atom stereocenters. The van der Waals surface area contributed by atoms with E-state index in [1.54, 1.807) is 12.1 Å². The van der Waals surface area contributed by atoms with Crippen molar-refractivity contribution in [2.75, 3.05) is 0 Å². The van der Waals surface area contributed by atoms with E-state index < -0.39 is 0 Å². The normalized spacial score (nSPS) is 12.5. The van der Waals surface area contributed by atoms with Crippen LogP contribution < -0.4 is 5.73 Å². The monoisotopic (exact) mass is 193 g/mol. The number of benzene rings is 1. The van der Waals surface area contributed by atoms with Gasteiger partial charge in [-0.15, -0.1) is 6.58 Å². The molecule has 0 aliphatic rings. The lowest BCUT2D eigenvalue weighted by molar-refractivity contribution is 0.578. The maximum Gasteiger partial charge on any atom is 0.128 e. The van der Waals surface area contributed by atoms with Crippen LogP contribution in [0.3, 0.4) is 0 Å². The van der Waals surface area contributed by atoms with Gasteiger partial charge in [-0.3, -0.25) is 0 Å². The molecule has 1 rings (SSSR count). The van der Waals surface area contributed by atoms with E-state index in [9.17, 15) is 4.39 Å². The number of hydrogen-bond acceptors (Lipinski definition) is 1. The van der Waals surface area contributed by atoms with Crippen molar-refractivity contribution in [1.82, 2.24) is 0 Å². The summed E-state index contributed by atoms with van der Waals surface area (Å²) in [6, 6.07) is 4.82. The lowest BCUT2D eigenvalue weighted by Gasteiger charge is -2.14. The highest BCUT2D eigenvalue weighted by Gasteiger charge is 2.13. The molecule has 0 radical (unpaired) electrons. The van der Waals surface area contributed by atoms with Crippen LogP contribution in [-0.4, -0.2) is 0 Å². The van der Waals surface area contributed by atoms with Crippen molar-refractivity contribution in [3.63, 3.8) is 0 Å². The molecule has 1 aromatic carbocycles. The second kappa shape index (κ2) is 4.91. The van der Waals surface area contributed by atoms with Crippen molar-refractivity contribution in [1.29, 1.82) is 0 Å². The van der Waals surface area contributed by atoms with Crippen molar-refractivity contribution in [2.24, 2.45) is 5.73 Å². The number of rotatable bonds is 4. The van der Waals surface area contributed by atoms with Gasteiger partial charge in [-0.1, -0.05) is 25.1 Å². The molecule has 0 amide bonds. The zero-order valence-electron chi connectivity index (χ0n) is 8.46. The summed E-state index contributed by atoms with van der Waals surface area (Å²) in [6.07, 6.45) is 3.13. The maximum absolute atomic E-state index is 13.5. The Hall–Kier alpha value is -1.15. The van der Waals surface area contributed by atoms with Crippen LogP contribution in [0.25, 0.3) is 0 Å². The molecular formula is C12H16FN. The Bertz CT molecular complexity index is 320. The van der Waals surface area contributed by atoms with E-state index in [-0.39, 0.29) is 11.9 Å². The van der Waals surface area contributed by atoms with E-state index in [2.05, 4.69) is 6.58 Å². The lowest BCUT2D eigenvalue weighted by atomic mass is 9.96. The summed E-state index contributed by atoms with van der Waals surface area (Å²) in [5, 5.41) is 0. The second-order valence-corrected chi connectivity index (χ2v) is 3.30. The van der Waals surface area contributed by atoms with Crippen molar-refractivity contribution in [3.05, 3.63) is 47.8 Å². The Kier molecular flexibility index (Phi) is 3.84. The first-order valence-corrected chi connectivity index (χ1v) is 4.84. The molecule has 0 saturated carbocycles. The fraction of sp³-hybridized carbons (Fsp3) is 0.333. The summed E-state index contributed by atoms with van der Waals surface area (Å²) in [4.78, 5) is 0. The Morgan fingerprint density at radius 2 is 2.29 bits per heavy atom. The van der Waals surface area contributed by atoms with Gasteiger partial charge in [0.2, 0.25) is 0 Å². The molecule has 0 spiro atoms. The highest BCUT2D eigenvalue weighted by molar-refractivity contribution is 5.31. The van der Waals surface area contributed by atoms with Crippen LogP contribution in [0.4, 0.5) is 4.39 Å². The first-order chi connectivity index (χ1) is 6.70. The standard InChI is InChI=1S/C12H16FN/c1-3-6-11(14)12-9(4-2)7-5-8-10(12)13/h3,5,7-8,11H,1,4,6,14H2,2H3/t11-/m0/s1. The van der Waals surface area contributed by atoms with Gasteiger partial charge in [-0.05, 0) is 24.5 Å². The van der Waals surface area contributed by atoms with Crippen LogP contribution in [0.2, 0.25) is 0 Å². The van der Waals surface area contributed by atoms with Gasteiger partial charge in [0.15, 0.2) is 0 Å². The smallest absolute Gasteiger partial charge is 0.128 e. The number of nitrogens with two attached hydrogens (primary N) is 1. The minimum Gasteiger partial charge on any atom is -0.324 e. The summed E-state index contributed by atoms with van der Waals surface area (Å²) in [6.45, 7) is 5.61. The minimum absolute atomic E-state index is 0.210. The molecular weight excluding hydrogens is 177 g/mol. The third-order valence-corrected chi connectivity index (χ3v) is 2.32. The Morgan fingerprint density at radius 3 is 2.86 bits per heavy atom. The van der Waals surface area contributed by atoms with E-state index in [1.165, 1.54) is 6.07 Å². The largest absolute Gasteiger partial charge is 0.324 e. The van der Waals surface area contributed by atoms with Crippen LogP contribution in [0, 0.1) is 5.82 Å². The Balaban J connectivity index is 3.09. The van der Waals surface area contributed by atoms with Crippen LogP contribution in [0.5, 0.6) is 0 Å². The van der Waals surface area contributed by atoms with E-state index in [1.807, 2.05) is 13.0 Å². The first kappa shape index (κ1) is 10.9. The van der Waals surface area contributed by atoms with Crippen molar-refractivity contribution < 1.29 is 4.39 Å². The summed E-state index contributed by atoms with van der Waals surface area (Å²) >= 11 is 0. The van der Waals surface area contributed by atoms with E-state index in [4.69, 9.17) is 5.73 Å². The molecule has 0 aliphatic carbocycles. The predicted molar refractivity (Wildman–Crippen MR) is 57.5 cm³/mol. The quantitative estimate of drug-likeness (QED) is 0.731. The molecule has 76 valence electrons. The molecule has 0 unspecified atom stereocenters. The molecule has 2 N–H and O–H groups in total. The zero-order chi connectivity index (χ0) is 10.6. The molecule has 0 aromatic heterocycles. The van der Waals surface area contributed by atoms with Gasteiger partial charge in [-0.25, -0.2) is 4.39 Å². The molecule has 0 aliphatic heterocycles. The summed E-state index contributed by atoms with van der Waals surface area (Å²) in [7, 11) is 0. The van der Waals surface area contributed by atoms with Gasteiger partial charge in [0.05, 0.1) is 0 Å². The molecule has 14 heavy (non-hydrogen) atoms. The number of halogens is 1. The van der Waals surface area contributed by atoms with Crippen molar-refractivity contribution >= 4 is 0 Å². The highest BCUT2D eigenvalue weighted by Crippen LogP contribution is 2.22. The van der Waals surface area contributed by atoms with Crippen molar-refractivity contribution in [2.45, 2.75) is 25.8 Å². The summed E-state index contributed by atoms with van der Waals surface area (Å²) in [5.74, 6) is -0.210. The molecule has 1 aromatic rings.